The van der Waals surface area contributed by atoms with E-state index in [-0.39, 0.29) is 13.0 Å². The third-order valence-corrected chi connectivity index (χ3v) is 1.89. The zero-order valence-electron chi connectivity index (χ0n) is 9.07. The topological polar surface area (TPSA) is 121 Å². The normalized spacial score (nSPS) is 12.0. The van der Waals surface area contributed by atoms with E-state index < -0.39 is 24.0 Å². The molecule has 0 fully saturated rings. The second-order valence-electron chi connectivity index (χ2n) is 3.11. The fourth-order valence-electron chi connectivity index (χ4n) is 1.17. The smallest absolute Gasteiger partial charge is 0.327 e. The van der Waals surface area contributed by atoms with E-state index in [4.69, 9.17) is 15.9 Å². The summed E-state index contributed by atoms with van der Waals surface area (Å²) in [4.78, 5) is 33.1. The van der Waals surface area contributed by atoms with Crippen LogP contribution < -0.4 is 5.73 Å². The number of carbonyl (C=O) groups excluding carboxylic acids is 1. The lowest BCUT2D eigenvalue weighted by molar-refractivity contribution is -0.142. The Morgan fingerprint density at radius 1 is 1.35 bits per heavy atom. The van der Waals surface area contributed by atoms with Crippen LogP contribution in [0.3, 0.4) is 0 Å². The molecule has 0 aliphatic rings. The molecule has 0 bridgehead atoms. The average Bonchev–Trinajstić information content (AvgIpc) is 2.20. The van der Waals surface area contributed by atoms with E-state index >= 15 is 0 Å². The zero-order chi connectivity index (χ0) is 13.4. The van der Waals surface area contributed by atoms with Gasteiger partial charge >= 0.3 is 18.0 Å². The molecule has 0 aromatic heterocycles. The highest BCUT2D eigenvalue weighted by Crippen LogP contribution is 2.06. The molecule has 0 aromatic carbocycles. The standard InChI is InChI=1S/C10H14N2O5/c1-2-6-12(10(11)17)7(9(15)16)4-3-5-8(13)14/h2-3,5,7H,1,4,6H2,(H2,11,17)(H,13,14)(H,15,16). The minimum Gasteiger partial charge on any atom is -0.480 e. The van der Waals surface area contributed by atoms with Crippen LogP contribution in [0.5, 0.6) is 0 Å². The summed E-state index contributed by atoms with van der Waals surface area (Å²) in [5.41, 5.74) is 5.03. The summed E-state index contributed by atoms with van der Waals surface area (Å²) in [6, 6.07) is -2.11. The largest absolute Gasteiger partial charge is 0.480 e. The first-order valence-corrected chi connectivity index (χ1v) is 4.69. The van der Waals surface area contributed by atoms with Crippen LogP contribution in [0.1, 0.15) is 6.42 Å². The van der Waals surface area contributed by atoms with Gasteiger partial charge in [-0.2, -0.15) is 0 Å². The van der Waals surface area contributed by atoms with E-state index in [2.05, 4.69) is 6.58 Å². The second-order valence-corrected chi connectivity index (χ2v) is 3.11. The van der Waals surface area contributed by atoms with E-state index in [1.165, 1.54) is 6.08 Å². The van der Waals surface area contributed by atoms with Crippen LogP contribution in [0.2, 0.25) is 0 Å². The molecular formula is C10H14N2O5. The highest BCUT2D eigenvalue weighted by Gasteiger charge is 2.26. The van der Waals surface area contributed by atoms with Crippen LogP contribution in [0, 0.1) is 0 Å². The third-order valence-electron chi connectivity index (χ3n) is 1.89. The van der Waals surface area contributed by atoms with E-state index in [1.807, 2.05) is 0 Å². The van der Waals surface area contributed by atoms with Crippen molar-refractivity contribution in [1.29, 1.82) is 0 Å². The monoisotopic (exact) mass is 242 g/mol. The molecule has 0 rings (SSSR count). The number of hydrogen-bond acceptors (Lipinski definition) is 3. The predicted octanol–water partition coefficient (Wildman–Crippen LogP) is 0.0372. The molecular weight excluding hydrogens is 228 g/mol. The number of hydrogen-bond donors (Lipinski definition) is 3. The highest BCUT2D eigenvalue weighted by molar-refractivity contribution is 5.83. The summed E-state index contributed by atoms with van der Waals surface area (Å²) in [6.45, 7) is 3.36. The highest BCUT2D eigenvalue weighted by atomic mass is 16.4. The number of nitrogens with zero attached hydrogens (tertiary/aromatic N) is 1. The number of carboxylic acid groups (broad SMARTS) is 2. The van der Waals surface area contributed by atoms with Gasteiger partial charge in [0.25, 0.3) is 0 Å². The Morgan fingerprint density at radius 2 is 1.94 bits per heavy atom. The summed E-state index contributed by atoms with van der Waals surface area (Å²) in [5, 5.41) is 17.3. The Kier molecular flexibility index (Phi) is 6.09. The quantitative estimate of drug-likeness (QED) is 0.429. The molecule has 7 nitrogen and oxygen atoms in total. The lowest BCUT2D eigenvalue weighted by Crippen LogP contribution is -2.47. The number of carbonyl (C=O) groups is 3. The van der Waals surface area contributed by atoms with Crippen molar-refractivity contribution in [2.45, 2.75) is 12.5 Å². The van der Waals surface area contributed by atoms with E-state index in [1.54, 1.807) is 0 Å². The molecule has 4 N–H and O–H groups in total. The summed E-state index contributed by atoms with van der Waals surface area (Å²) >= 11 is 0. The Balaban J connectivity index is 4.80. The number of urea groups is 1. The maximum atomic E-state index is 11.0. The molecule has 0 aliphatic carbocycles. The van der Waals surface area contributed by atoms with Crippen molar-refractivity contribution >= 4 is 18.0 Å². The molecule has 2 amide bonds. The molecule has 0 aliphatic heterocycles. The third kappa shape index (κ3) is 5.36. The molecule has 94 valence electrons. The molecule has 0 spiro atoms. The number of primary amides is 1. The summed E-state index contributed by atoms with van der Waals surface area (Å²) < 4.78 is 0. The van der Waals surface area contributed by atoms with Gasteiger partial charge < -0.3 is 20.8 Å². The lowest BCUT2D eigenvalue weighted by atomic mass is 10.1. The number of nitrogens with two attached hydrogens (primary N) is 1. The van der Waals surface area contributed by atoms with Crippen molar-refractivity contribution in [1.82, 2.24) is 4.90 Å². The van der Waals surface area contributed by atoms with Gasteiger partial charge in [-0.1, -0.05) is 12.2 Å². The molecule has 1 unspecified atom stereocenters. The summed E-state index contributed by atoms with van der Waals surface area (Å²) in [7, 11) is 0. The van der Waals surface area contributed by atoms with Gasteiger partial charge in [-0.25, -0.2) is 14.4 Å². The molecule has 1 atom stereocenters. The predicted molar refractivity (Wildman–Crippen MR) is 59.3 cm³/mol. The lowest BCUT2D eigenvalue weighted by Gasteiger charge is -2.25. The Labute approximate surface area is 97.8 Å². The Hall–Kier alpha value is -2.31. The number of amides is 2. The van der Waals surface area contributed by atoms with Gasteiger partial charge in [0, 0.05) is 12.6 Å². The Bertz CT molecular complexity index is 351. The summed E-state index contributed by atoms with van der Waals surface area (Å²) in [5.74, 6) is -2.45. The van der Waals surface area contributed by atoms with Crippen LogP contribution in [0.25, 0.3) is 0 Å². The zero-order valence-corrected chi connectivity index (χ0v) is 9.07. The van der Waals surface area contributed by atoms with Crippen LogP contribution in [0.15, 0.2) is 24.8 Å². The Morgan fingerprint density at radius 3 is 2.29 bits per heavy atom. The van der Waals surface area contributed by atoms with E-state index in [0.29, 0.717) is 0 Å². The molecule has 0 heterocycles. The van der Waals surface area contributed by atoms with Crippen LogP contribution >= 0.6 is 0 Å². The first kappa shape index (κ1) is 14.7. The van der Waals surface area contributed by atoms with Crippen molar-refractivity contribution in [3.05, 3.63) is 24.8 Å². The van der Waals surface area contributed by atoms with Gasteiger partial charge in [0.05, 0.1) is 0 Å². The second kappa shape index (κ2) is 7.04. The van der Waals surface area contributed by atoms with E-state index in [0.717, 1.165) is 17.1 Å². The van der Waals surface area contributed by atoms with Crippen LogP contribution in [-0.4, -0.2) is 45.7 Å². The average molecular weight is 242 g/mol. The van der Waals surface area contributed by atoms with Gasteiger partial charge in [-0.05, 0) is 6.42 Å². The minimum atomic E-state index is -1.26. The van der Waals surface area contributed by atoms with Gasteiger partial charge in [-0.3, -0.25) is 0 Å². The first-order chi connectivity index (χ1) is 7.90. The fraction of sp³-hybridized carbons (Fsp3) is 0.300. The molecule has 0 saturated heterocycles. The molecule has 7 heteroatoms. The van der Waals surface area contributed by atoms with Gasteiger partial charge in [0.1, 0.15) is 6.04 Å². The van der Waals surface area contributed by atoms with Gasteiger partial charge in [-0.15, -0.1) is 6.58 Å². The van der Waals surface area contributed by atoms with E-state index in [9.17, 15) is 14.4 Å². The van der Waals surface area contributed by atoms with Crippen molar-refractivity contribution < 1.29 is 24.6 Å². The van der Waals surface area contributed by atoms with Crippen LogP contribution in [-0.2, 0) is 9.59 Å². The van der Waals surface area contributed by atoms with Gasteiger partial charge in [0.15, 0.2) is 0 Å². The molecule has 0 saturated carbocycles. The minimum absolute atomic E-state index is 0.0206. The van der Waals surface area contributed by atoms with Crippen molar-refractivity contribution in [3.8, 4) is 0 Å². The summed E-state index contributed by atoms with van der Waals surface area (Å²) in [6.07, 6.45) is 3.16. The van der Waals surface area contributed by atoms with Crippen molar-refractivity contribution in [2.75, 3.05) is 6.54 Å². The van der Waals surface area contributed by atoms with Crippen molar-refractivity contribution in [2.24, 2.45) is 5.73 Å². The molecule has 0 aromatic rings. The fourth-order valence-corrected chi connectivity index (χ4v) is 1.17. The SMILES string of the molecule is C=CCN(C(N)=O)C(CC=CC(=O)O)C(=O)O. The van der Waals surface area contributed by atoms with Gasteiger partial charge in [0.2, 0.25) is 0 Å². The number of rotatable bonds is 7. The maximum Gasteiger partial charge on any atom is 0.327 e. The number of carboxylic acids is 2. The van der Waals surface area contributed by atoms with Crippen molar-refractivity contribution in [3.63, 3.8) is 0 Å². The molecule has 0 radical (unpaired) electrons. The van der Waals surface area contributed by atoms with Crippen LogP contribution in [0.4, 0.5) is 4.79 Å². The maximum absolute atomic E-state index is 11.0. The number of aliphatic carboxylic acids is 2. The first-order valence-electron chi connectivity index (χ1n) is 4.69. The molecule has 17 heavy (non-hydrogen) atoms.